The quantitative estimate of drug-likeness (QED) is 0.691. The number of hydrogen-bond donors (Lipinski definition) is 1. The molecule has 0 aromatic heterocycles. The Hall–Kier alpha value is -2.69. The van der Waals surface area contributed by atoms with Gasteiger partial charge < -0.3 is 10.1 Å². The minimum atomic E-state index is -0.429. The van der Waals surface area contributed by atoms with Gasteiger partial charge in [0.15, 0.2) is 0 Å². The summed E-state index contributed by atoms with van der Waals surface area (Å²) in [7, 11) is 0. The summed E-state index contributed by atoms with van der Waals surface area (Å²) < 4.78 is 17.9. The molecule has 5 heteroatoms. The molecule has 2 aromatic carbocycles. The van der Waals surface area contributed by atoms with Crippen molar-refractivity contribution in [2.45, 2.75) is 6.92 Å². The van der Waals surface area contributed by atoms with Crippen LogP contribution in [0, 0.1) is 5.82 Å². The lowest BCUT2D eigenvalue weighted by molar-refractivity contribution is -0.131. The highest BCUT2D eigenvalue weighted by Gasteiger charge is 2.07. The molecule has 2 aromatic rings. The smallest absolute Gasteiger partial charge is 0.308 e. The highest BCUT2D eigenvalue weighted by atomic mass is 19.1. The Balaban J connectivity index is 2.07. The van der Waals surface area contributed by atoms with E-state index in [2.05, 4.69) is 5.32 Å². The van der Waals surface area contributed by atoms with Gasteiger partial charge in [-0.25, -0.2) is 4.39 Å². The van der Waals surface area contributed by atoms with Crippen molar-refractivity contribution < 1.29 is 18.7 Å². The number of halogens is 1. The fourth-order valence-electron chi connectivity index (χ4n) is 1.61. The molecule has 0 atom stereocenters. The number of ether oxygens (including phenoxy) is 1. The fraction of sp³-hybridized carbons (Fsp3) is 0.0667. The lowest BCUT2D eigenvalue weighted by Crippen LogP contribution is -2.12. The molecule has 2 rings (SSSR count). The van der Waals surface area contributed by atoms with E-state index >= 15 is 0 Å². The van der Waals surface area contributed by atoms with Gasteiger partial charge in [-0.15, -0.1) is 0 Å². The molecule has 0 saturated carbocycles. The van der Waals surface area contributed by atoms with E-state index in [1.165, 1.54) is 49.4 Å². The van der Waals surface area contributed by atoms with E-state index in [0.29, 0.717) is 17.0 Å². The molecule has 102 valence electrons. The average Bonchev–Trinajstić information content (AvgIpc) is 2.38. The molecule has 0 bridgehead atoms. The minimum absolute atomic E-state index is 0.361. The summed E-state index contributed by atoms with van der Waals surface area (Å²) in [6.45, 7) is 1.30. The van der Waals surface area contributed by atoms with E-state index < -0.39 is 11.8 Å². The van der Waals surface area contributed by atoms with Gasteiger partial charge in [-0.2, -0.15) is 0 Å². The number of carbonyl (C=O) groups excluding carboxylic acids is 2. The molecule has 0 aliphatic heterocycles. The van der Waals surface area contributed by atoms with Gasteiger partial charge in [0.05, 0.1) is 0 Å². The summed E-state index contributed by atoms with van der Waals surface area (Å²) in [5.74, 6) is -0.861. The Morgan fingerprint density at radius 2 is 1.80 bits per heavy atom. The third kappa shape index (κ3) is 3.65. The minimum Gasteiger partial charge on any atom is -0.427 e. The Bertz CT molecular complexity index is 638. The van der Waals surface area contributed by atoms with Crippen LogP contribution in [0.2, 0.25) is 0 Å². The Morgan fingerprint density at radius 3 is 2.40 bits per heavy atom. The number of nitrogens with one attached hydrogen (secondary N) is 1. The molecule has 0 aliphatic rings. The van der Waals surface area contributed by atoms with Gasteiger partial charge in [-0.05, 0) is 42.5 Å². The molecule has 0 heterocycles. The highest BCUT2D eigenvalue weighted by Crippen LogP contribution is 2.15. The first kappa shape index (κ1) is 13.7. The monoisotopic (exact) mass is 273 g/mol. The molecule has 0 fully saturated rings. The summed E-state index contributed by atoms with van der Waals surface area (Å²) >= 11 is 0. The fourth-order valence-corrected chi connectivity index (χ4v) is 1.61. The van der Waals surface area contributed by atoms with Gasteiger partial charge in [-0.3, -0.25) is 9.59 Å². The topological polar surface area (TPSA) is 55.4 Å². The number of amides is 1. The van der Waals surface area contributed by atoms with E-state index in [-0.39, 0.29) is 5.91 Å². The van der Waals surface area contributed by atoms with Gasteiger partial charge >= 0.3 is 5.97 Å². The van der Waals surface area contributed by atoms with Gasteiger partial charge in [0.25, 0.3) is 5.91 Å². The highest BCUT2D eigenvalue weighted by molar-refractivity contribution is 6.04. The second-order valence-corrected chi connectivity index (χ2v) is 4.08. The van der Waals surface area contributed by atoms with E-state index in [1.807, 2.05) is 0 Å². The summed E-state index contributed by atoms with van der Waals surface area (Å²) in [6, 6.07) is 11.7. The van der Waals surface area contributed by atoms with Crippen molar-refractivity contribution in [2.75, 3.05) is 5.32 Å². The number of rotatable bonds is 3. The lowest BCUT2D eigenvalue weighted by Gasteiger charge is -2.06. The van der Waals surface area contributed by atoms with E-state index in [0.717, 1.165) is 0 Å². The summed E-state index contributed by atoms with van der Waals surface area (Å²) in [6.07, 6.45) is 0. The predicted molar refractivity (Wildman–Crippen MR) is 72.1 cm³/mol. The summed E-state index contributed by atoms with van der Waals surface area (Å²) in [5, 5.41) is 2.57. The number of carbonyl (C=O) groups is 2. The molecule has 1 amide bonds. The molecule has 0 saturated heterocycles. The molecular formula is C15H12FNO3. The number of esters is 1. The van der Waals surface area contributed by atoms with Gasteiger partial charge in [-0.1, -0.05) is 6.07 Å². The normalized spacial score (nSPS) is 9.90. The van der Waals surface area contributed by atoms with Crippen LogP contribution in [0.3, 0.4) is 0 Å². The molecule has 0 unspecified atom stereocenters. The predicted octanol–water partition coefficient (Wildman–Crippen LogP) is 3.00. The van der Waals surface area contributed by atoms with Crippen LogP contribution in [0.25, 0.3) is 0 Å². The van der Waals surface area contributed by atoms with Crippen molar-refractivity contribution in [2.24, 2.45) is 0 Å². The maximum Gasteiger partial charge on any atom is 0.308 e. The van der Waals surface area contributed by atoms with E-state index in [1.54, 1.807) is 6.07 Å². The zero-order valence-corrected chi connectivity index (χ0v) is 10.7. The Morgan fingerprint density at radius 1 is 1.10 bits per heavy atom. The maximum absolute atomic E-state index is 13.0. The van der Waals surface area contributed by atoms with Crippen LogP contribution < -0.4 is 10.1 Å². The molecular weight excluding hydrogens is 261 g/mol. The first-order valence-corrected chi connectivity index (χ1v) is 5.90. The van der Waals surface area contributed by atoms with Crippen LogP contribution in [0.1, 0.15) is 17.3 Å². The van der Waals surface area contributed by atoms with Crippen LogP contribution in [-0.4, -0.2) is 11.9 Å². The standard InChI is InChI=1S/C15H12FNO3/c1-10(18)20-14-7-5-11(6-8-14)15(19)17-13-4-2-3-12(16)9-13/h2-9H,1H3,(H,17,19). The molecule has 4 nitrogen and oxygen atoms in total. The van der Waals surface area contributed by atoms with E-state index in [4.69, 9.17) is 4.74 Å². The second-order valence-electron chi connectivity index (χ2n) is 4.08. The van der Waals surface area contributed by atoms with Gasteiger partial charge in [0.1, 0.15) is 11.6 Å². The van der Waals surface area contributed by atoms with Crippen LogP contribution in [0.15, 0.2) is 48.5 Å². The summed E-state index contributed by atoms with van der Waals surface area (Å²) in [4.78, 5) is 22.7. The van der Waals surface area contributed by atoms with Gasteiger partial charge in [0.2, 0.25) is 0 Å². The Kier molecular flexibility index (Phi) is 4.10. The zero-order chi connectivity index (χ0) is 14.5. The second kappa shape index (κ2) is 5.97. The van der Waals surface area contributed by atoms with Crippen molar-refractivity contribution in [3.8, 4) is 5.75 Å². The van der Waals surface area contributed by atoms with Crippen molar-refractivity contribution in [3.05, 3.63) is 59.9 Å². The largest absolute Gasteiger partial charge is 0.427 e. The molecule has 1 N–H and O–H groups in total. The van der Waals surface area contributed by atoms with Crippen molar-refractivity contribution in [1.29, 1.82) is 0 Å². The zero-order valence-electron chi connectivity index (χ0n) is 10.7. The molecule has 0 aliphatic carbocycles. The molecule has 20 heavy (non-hydrogen) atoms. The molecule has 0 spiro atoms. The first-order chi connectivity index (χ1) is 9.54. The summed E-state index contributed by atoms with van der Waals surface area (Å²) in [5.41, 5.74) is 0.754. The average molecular weight is 273 g/mol. The number of benzene rings is 2. The van der Waals surface area contributed by atoms with Crippen molar-refractivity contribution in [1.82, 2.24) is 0 Å². The SMILES string of the molecule is CC(=O)Oc1ccc(C(=O)Nc2cccc(F)c2)cc1. The number of anilines is 1. The molecule has 0 radical (unpaired) electrons. The van der Waals surface area contributed by atoms with Crippen molar-refractivity contribution in [3.63, 3.8) is 0 Å². The van der Waals surface area contributed by atoms with Gasteiger partial charge in [0, 0.05) is 18.2 Å². The van der Waals surface area contributed by atoms with Crippen LogP contribution >= 0.6 is 0 Å². The lowest BCUT2D eigenvalue weighted by atomic mass is 10.2. The third-order valence-electron chi connectivity index (χ3n) is 2.46. The Labute approximate surface area is 115 Å². The number of hydrogen-bond acceptors (Lipinski definition) is 3. The van der Waals surface area contributed by atoms with Crippen LogP contribution in [0.4, 0.5) is 10.1 Å². The van der Waals surface area contributed by atoms with E-state index in [9.17, 15) is 14.0 Å². The maximum atomic E-state index is 13.0. The van der Waals surface area contributed by atoms with Crippen molar-refractivity contribution >= 4 is 17.6 Å². The third-order valence-corrected chi connectivity index (χ3v) is 2.46. The first-order valence-electron chi connectivity index (χ1n) is 5.90. The van der Waals surface area contributed by atoms with Crippen LogP contribution in [-0.2, 0) is 4.79 Å². The van der Waals surface area contributed by atoms with Crippen LogP contribution in [0.5, 0.6) is 5.75 Å².